The standard InChI is InChI=1S/C40H35N2O.C15H16N.Ir/c1-25-21-30(28-17-19-40(3,4)20-18-28)15-16-31(25)36-22-37(42-24-26(36)2)35-10-6-9-34-33-8-5-7-32(38(33)43-39(34)35)29-13-11-27(23-41)12-14-29;1-15(2,3)13-9-10-14(16-11-13)12-7-5-4-6-8-12;/h5-9,11-16,21-22,24,28H,17-20H2,1-4H3;4-7,9-11H,1-3H3;/q2*-1;/i1D3,2D3,16D,28D;;. The van der Waals surface area contributed by atoms with E-state index in [0.717, 1.165) is 46.0 Å². The first kappa shape index (κ1) is 33.1. The fourth-order valence-electron chi connectivity index (χ4n) is 7.69. The van der Waals surface area contributed by atoms with Gasteiger partial charge in [0.1, 0.15) is 5.58 Å². The summed E-state index contributed by atoms with van der Waals surface area (Å²) < 4.78 is 75.7. The minimum Gasteiger partial charge on any atom is -0.500 e. The van der Waals surface area contributed by atoms with Gasteiger partial charge in [-0.25, -0.2) is 0 Å². The van der Waals surface area contributed by atoms with Crippen LogP contribution in [0.2, 0.25) is 0 Å². The van der Waals surface area contributed by atoms with E-state index in [-0.39, 0.29) is 59.2 Å². The molecule has 8 aromatic rings. The Morgan fingerprint density at radius 1 is 0.783 bits per heavy atom. The molecule has 3 aromatic heterocycles. The maximum atomic E-state index is 9.32. The summed E-state index contributed by atoms with van der Waals surface area (Å²) in [6.45, 7) is 5.53. The maximum absolute atomic E-state index is 9.32. The van der Waals surface area contributed by atoms with Crippen LogP contribution < -0.4 is 0 Å². The molecule has 0 saturated heterocycles. The Labute approximate surface area is 380 Å². The van der Waals surface area contributed by atoms with E-state index in [1.54, 1.807) is 18.2 Å². The van der Waals surface area contributed by atoms with E-state index in [2.05, 4.69) is 74.9 Å². The molecular formula is C55H51IrN3O-2. The minimum atomic E-state index is -2.70. The number of para-hydroxylation sites is 1. The summed E-state index contributed by atoms with van der Waals surface area (Å²) in [5.41, 5.74) is 7.71. The molecule has 9 rings (SSSR count). The largest absolute Gasteiger partial charge is 0.500 e. The first-order valence-electron chi connectivity index (χ1n) is 24.0. The van der Waals surface area contributed by atoms with Crippen LogP contribution >= 0.6 is 0 Å². The van der Waals surface area contributed by atoms with E-state index in [4.69, 9.17) is 12.6 Å². The van der Waals surface area contributed by atoms with E-state index < -0.39 is 19.6 Å². The van der Waals surface area contributed by atoms with Gasteiger partial charge in [-0.15, -0.1) is 54.1 Å². The van der Waals surface area contributed by atoms with Crippen LogP contribution in [-0.2, 0) is 25.5 Å². The van der Waals surface area contributed by atoms with Crippen molar-refractivity contribution in [2.45, 2.75) is 85.3 Å². The van der Waals surface area contributed by atoms with Crippen LogP contribution in [0.1, 0.15) is 105 Å². The Morgan fingerprint density at radius 2 is 1.55 bits per heavy atom. The summed E-state index contributed by atoms with van der Waals surface area (Å²) in [5.74, 6) is -1.05. The number of hydrogen-bond donors (Lipinski definition) is 0. The first-order valence-corrected chi connectivity index (χ1v) is 20.0. The van der Waals surface area contributed by atoms with Crippen molar-refractivity contribution in [2.24, 2.45) is 5.41 Å². The average Bonchev–Trinajstić information content (AvgIpc) is 3.69. The number of nitriles is 1. The van der Waals surface area contributed by atoms with Gasteiger partial charge in [-0.3, -0.25) is 0 Å². The topological polar surface area (TPSA) is 62.7 Å². The van der Waals surface area contributed by atoms with Gasteiger partial charge in [-0.05, 0) is 119 Å². The van der Waals surface area contributed by atoms with Crippen LogP contribution in [0.3, 0.4) is 0 Å². The van der Waals surface area contributed by atoms with Crippen molar-refractivity contribution >= 4 is 21.9 Å². The molecule has 1 fully saturated rings. The molecule has 0 spiro atoms. The van der Waals surface area contributed by atoms with Crippen LogP contribution in [-0.4, -0.2) is 9.97 Å². The Hall–Kier alpha value is -5.66. The predicted molar refractivity (Wildman–Crippen MR) is 243 cm³/mol. The van der Waals surface area contributed by atoms with Gasteiger partial charge in [0.15, 0.2) is 0 Å². The fourth-order valence-corrected chi connectivity index (χ4v) is 7.69. The van der Waals surface area contributed by atoms with Gasteiger partial charge < -0.3 is 14.4 Å². The molecule has 1 aliphatic carbocycles. The molecule has 1 aliphatic rings. The Morgan fingerprint density at radius 3 is 2.23 bits per heavy atom. The molecule has 5 aromatic carbocycles. The van der Waals surface area contributed by atoms with Gasteiger partial charge in [0.05, 0.1) is 18.6 Å². The van der Waals surface area contributed by atoms with Crippen LogP contribution in [0.4, 0.5) is 0 Å². The number of aryl methyl sites for hydroxylation is 2. The van der Waals surface area contributed by atoms with E-state index >= 15 is 0 Å². The molecule has 4 nitrogen and oxygen atoms in total. The fraction of sp³-hybridized carbons (Fsp3) is 0.255. The second-order valence-corrected chi connectivity index (χ2v) is 17.1. The normalized spacial score (nSPS) is 16.8. The SMILES string of the molecule is CC(C)(C)c1ccc(-c2[c-]cccc2)nc1.[2H]c1cc(C2([2H])CCC(C)(C)CC2)cc(C([2H])([2H])[2H])c1-c1cc(-c2[c-]ccc3c2oc2c(-c4ccc(C#N)cc4)cccc23)ncc1C([2H])([2H])[2H].[Ir]. The van der Waals surface area contributed by atoms with Crippen LogP contribution in [0.5, 0.6) is 0 Å². The first-order chi connectivity index (χ1) is 31.6. The summed E-state index contributed by atoms with van der Waals surface area (Å²) in [7, 11) is 0. The van der Waals surface area contributed by atoms with Gasteiger partial charge >= 0.3 is 0 Å². The quantitative estimate of drug-likeness (QED) is 0.161. The molecule has 1 radical (unpaired) electrons. The number of fused-ring (bicyclic) bond motifs is 3. The smallest absolute Gasteiger partial charge is 0.128 e. The molecule has 0 unspecified atom stereocenters. The summed E-state index contributed by atoms with van der Waals surface area (Å²) in [6, 6.07) is 41.6. The van der Waals surface area contributed by atoms with E-state index in [0.29, 0.717) is 46.4 Å². The third-order valence-electron chi connectivity index (χ3n) is 11.4. The third-order valence-corrected chi connectivity index (χ3v) is 11.4. The van der Waals surface area contributed by atoms with E-state index in [1.807, 2.05) is 66.9 Å². The molecule has 0 aliphatic heterocycles. The van der Waals surface area contributed by atoms with Crippen molar-refractivity contribution in [3.8, 4) is 50.8 Å². The molecule has 0 amide bonds. The molecule has 60 heavy (non-hydrogen) atoms. The van der Waals surface area contributed by atoms with Crippen molar-refractivity contribution in [3.63, 3.8) is 0 Å². The monoisotopic (exact) mass is 970 g/mol. The second kappa shape index (κ2) is 17.5. The van der Waals surface area contributed by atoms with Gasteiger partial charge in [-0.2, -0.15) is 5.26 Å². The number of benzene rings is 5. The number of aromatic nitrogens is 2. The summed E-state index contributed by atoms with van der Waals surface area (Å²) in [5, 5.41) is 10.9. The third kappa shape index (κ3) is 8.92. The van der Waals surface area contributed by atoms with E-state index in [1.165, 1.54) is 30.0 Å². The van der Waals surface area contributed by atoms with Gasteiger partial charge in [0.2, 0.25) is 0 Å². The van der Waals surface area contributed by atoms with Crippen LogP contribution in [0.25, 0.3) is 66.7 Å². The Bertz CT molecular complexity index is 3140. The molecule has 0 N–H and O–H groups in total. The Kier molecular flexibility index (Phi) is 9.66. The number of nitrogens with zero attached hydrogens (tertiary/aromatic N) is 3. The zero-order valence-corrected chi connectivity index (χ0v) is 36.9. The summed E-state index contributed by atoms with van der Waals surface area (Å²) >= 11 is 0. The molecule has 3 heterocycles. The minimum absolute atomic E-state index is 0. The molecule has 5 heteroatoms. The second-order valence-electron chi connectivity index (χ2n) is 17.1. The predicted octanol–water partition coefficient (Wildman–Crippen LogP) is 14.8. The van der Waals surface area contributed by atoms with Gasteiger partial charge in [0, 0.05) is 53.0 Å². The number of hydrogen-bond acceptors (Lipinski definition) is 4. The van der Waals surface area contributed by atoms with E-state index in [9.17, 15) is 8.00 Å². The van der Waals surface area contributed by atoms with Crippen LogP contribution in [0.15, 0.2) is 132 Å². The number of rotatable bonds is 5. The zero-order valence-electron chi connectivity index (χ0n) is 42.5. The number of furan rings is 1. The zero-order chi connectivity index (χ0) is 48.1. The average molecular weight is 970 g/mol. The summed E-state index contributed by atoms with van der Waals surface area (Å²) in [6.07, 6.45) is 5.83. The molecule has 1 saturated carbocycles. The summed E-state index contributed by atoms with van der Waals surface area (Å²) in [4.78, 5) is 9.03. The molecular weight excluding hydrogens is 911 g/mol. The molecule has 303 valence electrons. The van der Waals surface area contributed by atoms with Crippen molar-refractivity contribution in [3.05, 3.63) is 168 Å². The number of pyridine rings is 2. The molecule has 0 atom stereocenters. The van der Waals surface area contributed by atoms with Gasteiger partial charge in [0.25, 0.3) is 0 Å². The van der Waals surface area contributed by atoms with Crippen LogP contribution in [0, 0.1) is 42.6 Å². The van der Waals surface area contributed by atoms with Crippen molar-refractivity contribution in [1.29, 1.82) is 5.26 Å². The Balaban J connectivity index is 0.000000340. The van der Waals surface area contributed by atoms with Gasteiger partial charge in [-0.1, -0.05) is 112 Å². The van der Waals surface area contributed by atoms with Crippen molar-refractivity contribution in [2.75, 3.05) is 0 Å². The van der Waals surface area contributed by atoms with Crippen molar-refractivity contribution < 1.29 is 35.5 Å². The maximum Gasteiger partial charge on any atom is 0.128 e. The molecule has 0 bridgehead atoms. The van der Waals surface area contributed by atoms with Crippen molar-refractivity contribution in [1.82, 2.24) is 9.97 Å².